The van der Waals surface area contributed by atoms with Crippen LogP contribution in [0.3, 0.4) is 0 Å². The second-order valence-corrected chi connectivity index (χ2v) is 7.44. The van der Waals surface area contributed by atoms with Crippen LogP contribution in [0.2, 0.25) is 0 Å². The molecule has 3 rings (SSSR count). The molecule has 128 valence electrons. The number of hydrogen-bond acceptors (Lipinski definition) is 6. The normalized spacial score (nSPS) is 18.6. The van der Waals surface area contributed by atoms with Gasteiger partial charge in [0.25, 0.3) is 0 Å². The number of hydrogen-bond donors (Lipinski definition) is 2. The SMILES string of the molecule is CC(=O)NCc1cncc([C@H]2CCCN2S(=O)(=O)c2cn[nH]c2)n1. The first-order valence-corrected chi connectivity index (χ1v) is 8.98. The Labute approximate surface area is 139 Å². The van der Waals surface area contributed by atoms with Crippen molar-refractivity contribution < 1.29 is 13.2 Å². The van der Waals surface area contributed by atoms with Gasteiger partial charge in [0.05, 0.1) is 42.6 Å². The van der Waals surface area contributed by atoms with Crippen molar-refractivity contribution in [1.29, 1.82) is 0 Å². The predicted molar refractivity (Wildman–Crippen MR) is 84.0 cm³/mol. The average Bonchev–Trinajstić information content (AvgIpc) is 3.24. The highest BCUT2D eigenvalue weighted by Crippen LogP contribution is 2.35. The fourth-order valence-corrected chi connectivity index (χ4v) is 4.30. The number of H-pyrrole nitrogens is 1. The van der Waals surface area contributed by atoms with Gasteiger partial charge in [-0.2, -0.15) is 9.40 Å². The summed E-state index contributed by atoms with van der Waals surface area (Å²) in [5.74, 6) is -0.160. The van der Waals surface area contributed by atoms with E-state index in [0.717, 1.165) is 6.42 Å². The molecule has 0 radical (unpaired) electrons. The Morgan fingerprint density at radius 1 is 1.42 bits per heavy atom. The maximum Gasteiger partial charge on any atom is 0.246 e. The van der Waals surface area contributed by atoms with Crippen molar-refractivity contribution in [2.45, 2.75) is 37.2 Å². The number of carbonyl (C=O) groups excluding carboxylic acids is 1. The number of carbonyl (C=O) groups is 1. The fourth-order valence-electron chi connectivity index (χ4n) is 2.72. The number of aromatic amines is 1. The smallest absolute Gasteiger partial charge is 0.246 e. The van der Waals surface area contributed by atoms with E-state index in [1.807, 2.05) is 0 Å². The summed E-state index contributed by atoms with van der Waals surface area (Å²) in [4.78, 5) is 19.8. The van der Waals surface area contributed by atoms with Crippen LogP contribution in [-0.4, -0.2) is 45.3 Å². The average molecular weight is 350 g/mol. The van der Waals surface area contributed by atoms with Gasteiger partial charge in [0, 0.05) is 19.7 Å². The zero-order valence-electron chi connectivity index (χ0n) is 13.1. The minimum Gasteiger partial charge on any atom is -0.351 e. The summed E-state index contributed by atoms with van der Waals surface area (Å²) in [6.45, 7) is 2.11. The number of amides is 1. The molecule has 0 spiro atoms. The minimum atomic E-state index is -3.63. The molecular formula is C14H18N6O3S. The van der Waals surface area contributed by atoms with Crippen LogP contribution in [0, 0.1) is 0 Å². The van der Waals surface area contributed by atoms with E-state index in [9.17, 15) is 13.2 Å². The lowest BCUT2D eigenvalue weighted by molar-refractivity contribution is -0.119. The molecule has 0 aliphatic carbocycles. The third-order valence-electron chi connectivity index (χ3n) is 3.85. The molecule has 1 aliphatic heterocycles. The van der Waals surface area contributed by atoms with Gasteiger partial charge in [-0.25, -0.2) is 8.42 Å². The van der Waals surface area contributed by atoms with Gasteiger partial charge in [-0.05, 0) is 12.8 Å². The van der Waals surface area contributed by atoms with E-state index < -0.39 is 10.0 Å². The Balaban J connectivity index is 1.86. The van der Waals surface area contributed by atoms with E-state index in [1.54, 1.807) is 12.4 Å². The molecule has 0 aromatic carbocycles. The first kappa shape index (κ1) is 16.5. The monoisotopic (exact) mass is 350 g/mol. The highest BCUT2D eigenvalue weighted by Gasteiger charge is 2.37. The summed E-state index contributed by atoms with van der Waals surface area (Å²) in [6, 6.07) is -0.366. The van der Waals surface area contributed by atoms with Crippen LogP contribution >= 0.6 is 0 Å². The van der Waals surface area contributed by atoms with Crippen LogP contribution in [0.1, 0.15) is 37.2 Å². The van der Waals surface area contributed by atoms with Crippen molar-refractivity contribution in [2.75, 3.05) is 6.54 Å². The Morgan fingerprint density at radius 3 is 2.96 bits per heavy atom. The van der Waals surface area contributed by atoms with Crippen molar-refractivity contribution in [1.82, 2.24) is 29.8 Å². The number of rotatable bonds is 5. The molecule has 24 heavy (non-hydrogen) atoms. The summed E-state index contributed by atoms with van der Waals surface area (Å²) in [6.07, 6.45) is 7.22. The van der Waals surface area contributed by atoms with Crippen molar-refractivity contribution in [3.8, 4) is 0 Å². The van der Waals surface area contributed by atoms with Gasteiger partial charge >= 0.3 is 0 Å². The van der Waals surface area contributed by atoms with Gasteiger partial charge in [0.2, 0.25) is 15.9 Å². The highest BCUT2D eigenvalue weighted by atomic mass is 32.2. The summed E-state index contributed by atoms with van der Waals surface area (Å²) >= 11 is 0. The molecule has 10 heteroatoms. The van der Waals surface area contributed by atoms with Crippen LogP contribution in [-0.2, 0) is 21.4 Å². The van der Waals surface area contributed by atoms with Crippen molar-refractivity contribution >= 4 is 15.9 Å². The molecule has 1 amide bonds. The largest absolute Gasteiger partial charge is 0.351 e. The molecule has 2 aromatic heterocycles. The third kappa shape index (κ3) is 3.29. The predicted octanol–water partition coefficient (Wildman–Crippen LogP) is 0.362. The molecule has 0 saturated carbocycles. The molecule has 1 saturated heterocycles. The molecule has 0 bridgehead atoms. The molecule has 0 unspecified atom stereocenters. The van der Waals surface area contributed by atoms with Crippen molar-refractivity contribution in [2.24, 2.45) is 0 Å². The summed E-state index contributed by atoms with van der Waals surface area (Å²) in [5, 5.41) is 8.90. The van der Waals surface area contributed by atoms with Crippen molar-refractivity contribution in [3.05, 3.63) is 36.2 Å². The Hall–Kier alpha value is -2.33. The van der Waals surface area contributed by atoms with Crippen LogP contribution < -0.4 is 5.32 Å². The van der Waals surface area contributed by atoms with Gasteiger partial charge in [-0.3, -0.25) is 19.9 Å². The molecule has 1 fully saturated rings. The lowest BCUT2D eigenvalue weighted by Gasteiger charge is -2.23. The van der Waals surface area contributed by atoms with E-state index in [-0.39, 0.29) is 23.4 Å². The van der Waals surface area contributed by atoms with E-state index in [0.29, 0.717) is 24.4 Å². The van der Waals surface area contributed by atoms with Gasteiger partial charge in [-0.1, -0.05) is 0 Å². The molecule has 9 nitrogen and oxygen atoms in total. The zero-order valence-corrected chi connectivity index (χ0v) is 14.0. The van der Waals surface area contributed by atoms with Gasteiger partial charge in [-0.15, -0.1) is 0 Å². The minimum absolute atomic E-state index is 0.136. The maximum absolute atomic E-state index is 12.7. The Bertz CT molecular complexity index is 821. The highest BCUT2D eigenvalue weighted by molar-refractivity contribution is 7.89. The molecule has 1 atom stereocenters. The quantitative estimate of drug-likeness (QED) is 0.803. The maximum atomic E-state index is 12.7. The van der Waals surface area contributed by atoms with E-state index in [4.69, 9.17) is 0 Å². The van der Waals surface area contributed by atoms with Crippen molar-refractivity contribution in [3.63, 3.8) is 0 Å². The number of nitrogens with one attached hydrogen (secondary N) is 2. The Kier molecular flexibility index (Phi) is 4.58. The number of nitrogens with zero attached hydrogens (tertiary/aromatic N) is 4. The molecule has 1 aliphatic rings. The molecular weight excluding hydrogens is 332 g/mol. The summed E-state index contributed by atoms with van der Waals surface area (Å²) in [5.41, 5.74) is 1.18. The van der Waals surface area contributed by atoms with Crippen LogP contribution in [0.15, 0.2) is 29.7 Å². The molecule has 2 N–H and O–H groups in total. The van der Waals surface area contributed by atoms with Crippen LogP contribution in [0.5, 0.6) is 0 Å². The summed E-state index contributed by atoms with van der Waals surface area (Å²) in [7, 11) is -3.63. The van der Waals surface area contributed by atoms with E-state index in [1.165, 1.54) is 23.6 Å². The Morgan fingerprint density at radius 2 is 2.25 bits per heavy atom. The standard InChI is InChI=1S/C14H18N6O3S/c1-10(21)16-6-11-5-15-9-13(19-11)14-3-2-4-20(14)24(22,23)12-7-17-18-8-12/h5,7-9,14H,2-4,6H2,1H3,(H,16,21)(H,17,18)/t14-/m1/s1. The second kappa shape index (κ2) is 6.65. The van der Waals surface area contributed by atoms with Gasteiger partial charge in [0.1, 0.15) is 4.90 Å². The topological polar surface area (TPSA) is 121 Å². The van der Waals surface area contributed by atoms with Gasteiger partial charge in [0.15, 0.2) is 0 Å². The number of aromatic nitrogens is 4. The fraction of sp³-hybridized carbons (Fsp3) is 0.429. The first-order valence-electron chi connectivity index (χ1n) is 7.54. The first-order chi connectivity index (χ1) is 11.5. The second-order valence-electron chi connectivity index (χ2n) is 5.55. The van der Waals surface area contributed by atoms with E-state index >= 15 is 0 Å². The van der Waals surface area contributed by atoms with Gasteiger partial charge < -0.3 is 5.32 Å². The lowest BCUT2D eigenvalue weighted by Crippen LogP contribution is -2.31. The van der Waals surface area contributed by atoms with E-state index in [2.05, 4.69) is 25.5 Å². The summed E-state index contributed by atoms with van der Waals surface area (Å²) < 4.78 is 26.9. The zero-order chi connectivity index (χ0) is 17.2. The third-order valence-corrected chi connectivity index (χ3v) is 5.72. The molecule has 2 aromatic rings. The number of sulfonamides is 1. The lowest BCUT2D eigenvalue weighted by atomic mass is 10.2. The van der Waals surface area contributed by atoms with Crippen LogP contribution in [0.4, 0.5) is 0 Å². The molecule has 3 heterocycles. The van der Waals surface area contributed by atoms with Crippen LogP contribution in [0.25, 0.3) is 0 Å².